The van der Waals surface area contributed by atoms with E-state index in [1.807, 2.05) is 0 Å². The summed E-state index contributed by atoms with van der Waals surface area (Å²) < 4.78 is 0. The normalized spacial score (nSPS) is 19.6. The molecule has 0 aromatic heterocycles. The molecule has 0 amide bonds. The quantitative estimate of drug-likeness (QED) is 0.390. The average Bonchev–Trinajstić information content (AvgIpc) is 1.91. The largest absolute Gasteiger partial charge is 1.00 e. The Hall–Kier alpha value is 1.31. The molecular weight excluding hydrogens is 151 g/mol. The van der Waals surface area contributed by atoms with Crippen molar-refractivity contribution >= 4 is 6.29 Å². The van der Waals surface area contributed by atoms with Crippen molar-refractivity contribution in [3.63, 3.8) is 0 Å². The molecule has 2 heteroatoms. The van der Waals surface area contributed by atoms with Gasteiger partial charge in [0.25, 0.3) is 0 Å². The number of hydrogen-bond acceptors (Lipinski definition) is 1. The van der Waals surface area contributed by atoms with Crippen molar-refractivity contribution in [3.8, 4) is 0 Å². The van der Waals surface area contributed by atoms with E-state index in [9.17, 15) is 4.79 Å². The van der Waals surface area contributed by atoms with Gasteiger partial charge in [-0.3, -0.25) is 0 Å². The molecule has 10 heavy (non-hydrogen) atoms. The predicted molar refractivity (Wildman–Crippen MR) is 38.4 cm³/mol. The molecule has 1 rings (SSSR count). The van der Waals surface area contributed by atoms with Gasteiger partial charge in [0, 0.05) is 6.42 Å². The minimum atomic E-state index is 0. The summed E-state index contributed by atoms with van der Waals surface area (Å²) in [6.45, 7) is 0. The van der Waals surface area contributed by atoms with Crippen LogP contribution in [0.15, 0.2) is 0 Å². The van der Waals surface area contributed by atoms with Crippen LogP contribution in [0.3, 0.4) is 0 Å². The van der Waals surface area contributed by atoms with Crippen molar-refractivity contribution in [3.05, 3.63) is 0 Å². The van der Waals surface area contributed by atoms with E-state index in [4.69, 9.17) is 0 Å². The Balaban J connectivity index is 0. The Labute approximate surface area is 107 Å². The monoisotopic (exact) mass is 166 g/mol. The minimum Gasteiger partial charge on any atom is -1.00 e. The fourth-order valence-corrected chi connectivity index (χ4v) is 1.56. The number of carbonyl (C=O) groups excluding carboxylic acids is 1. The van der Waals surface area contributed by atoms with Gasteiger partial charge in [-0.1, -0.05) is 32.1 Å². The predicted octanol–water partition coefficient (Wildman–Crippen LogP) is -0.728. The van der Waals surface area contributed by atoms with E-state index in [0.717, 1.165) is 18.6 Å². The molecule has 0 aliphatic heterocycles. The summed E-state index contributed by atoms with van der Waals surface area (Å²) in [5.74, 6) is 0.733. The molecule has 0 aromatic carbocycles. The molecule has 0 aromatic rings. The van der Waals surface area contributed by atoms with Crippen molar-refractivity contribution in [2.45, 2.75) is 38.5 Å². The van der Waals surface area contributed by atoms with Crippen molar-refractivity contribution in [1.82, 2.24) is 0 Å². The maximum absolute atomic E-state index is 10.1. The number of rotatable bonds is 2. The van der Waals surface area contributed by atoms with Crippen LogP contribution in [-0.2, 0) is 4.79 Å². The van der Waals surface area contributed by atoms with Gasteiger partial charge in [-0.2, -0.15) is 0 Å². The van der Waals surface area contributed by atoms with Gasteiger partial charge in [0.05, 0.1) is 0 Å². The van der Waals surface area contributed by atoms with Gasteiger partial charge in [-0.05, 0) is 5.92 Å². The van der Waals surface area contributed by atoms with E-state index < -0.39 is 0 Å². The van der Waals surface area contributed by atoms with E-state index in [0.29, 0.717) is 0 Å². The molecule has 0 N–H and O–H groups in total. The Kier molecular flexibility index (Phi) is 7.89. The average molecular weight is 166 g/mol. The Morgan fingerprint density at radius 1 is 1.30 bits per heavy atom. The number of aldehydes is 1. The van der Waals surface area contributed by atoms with E-state index in [1.54, 1.807) is 0 Å². The van der Waals surface area contributed by atoms with Crippen LogP contribution in [0, 0.1) is 5.92 Å². The molecule has 1 aliphatic carbocycles. The topological polar surface area (TPSA) is 17.1 Å². The summed E-state index contributed by atoms with van der Waals surface area (Å²) in [7, 11) is 0. The second-order valence-corrected chi connectivity index (χ2v) is 2.91. The molecule has 0 spiro atoms. The standard InChI is InChI=1S/C8H14O.K.H/c9-7-6-8-4-2-1-3-5-8;;/h7-8H,1-6H2;;/q;+1;-1. The maximum atomic E-state index is 10.1. The van der Waals surface area contributed by atoms with E-state index in [1.165, 1.54) is 32.1 Å². The van der Waals surface area contributed by atoms with Gasteiger partial charge >= 0.3 is 51.4 Å². The molecule has 1 fully saturated rings. The first-order valence-corrected chi connectivity index (χ1v) is 3.87. The molecule has 0 bridgehead atoms. The SMILES string of the molecule is O=CCC1CCCCC1.[H-].[K+]. The van der Waals surface area contributed by atoms with Gasteiger partial charge in [0.1, 0.15) is 6.29 Å². The number of hydrogen-bond donors (Lipinski definition) is 0. The van der Waals surface area contributed by atoms with Crippen LogP contribution >= 0.6 is 0 Å². The smallest absolute Gasteiger partial charge is 1.00 e. The third kappa shape index (κ3) is 4.24. The van der Waals surface area contributed by atoms with E-state index >= 15 is 0 Å². The summed E-state index contributed by atoms with van der Waals surface area (Å²) in [6.07, 6.45) is 8.53. The second-order valence-electron chi connectivity index (χ2n) is 2.91. The van der Waals surface area contributed by atoms with Crippen molar-refractivity contribution in [1.29, 1.82) is 0 Å². The Morgan fingerprint density at radius 2 is 1.90 bits per heavy atom. The van der Waals surface area contributed by atoms with E-state index in [2.05, 4.69) is 0 Å². The van der Waals surface area contributed by atoms with Crippen LogP contribution in [-0.4, -0.2) is 6.29 Å². The summed E-state index contributed by atoms with van der Waals surface area (Å²) in [4.78, 5) is 10.1. The minimum absolute atomic E-state index is 0. The molecule has 1 nitrogen and oxygen atoms in total. The van der Waals surface area contributed by atoms with Gasteiger partial charge < -0.3 is 6.22 Å². The molecule has 0 saturated heterocycles. The first-order chi connectivity index (χ1) is 4.43. The third-order valence-corrected chi connectivity index (χ3v) is 2.15. The van der Waals surface area contributed by atoms with Crippen LogP contribution in [0.1, 0.15) is 40.0 Å². The summed E-state index contributed by atoms with van der Waals surface area (Å²) >= 11 is 0. The van der Waals surface area contributed by atoms with Crippen LogP contribution in [0.5, 0.6) is 0 Å². The Bertz CT molecular complexity index is 92.1. The molecular formula is C8H15KO. The van der Waals surface area contributed by atoms with Gasteiger partial charge in [0.15, 0.2) is 0 Å². The second kappa shape index (κ2) is 6.98. The molecule has 0 radical (unpaired) electrons. The van der Waals surface area contributed by atoms with E-state index in [-0.39, 0.29) is 52.8 Å². The first kappa shape index (κ1) is 11.3. The van der Waals surface area contributed by atoms with Crippen molar-refractivity contribution in [2.24, 2.45) is 5.92 Å². The molecule has 1 aliphatic rings. The number of carbonyl (C=O) groups is 1. The molecule has 1 saturated carbocycles. The fourth-order valence-electron chi connectivity index (χ4n) is 1.56. The van der Waals surface area contributed by atoms with Crippen LogP contribution in [0.25, 0.3) is 0 Å². The van der Waals surface area contributed by atoms with Crippen LogP contribution < -0.4 is 51.4 Å². The summed E-state index contributed by atoms with van der Waals surface area (Å²) in [5.41, 5.74) is 0. The van der Waals surface area contributed by atoms with Crippen molar-refractivity contribution < 1.29 is 57.6 Å². The third-order valence-electron chi connectivity index (χ3n) is 2.15. The fraction of sp³-hybridized carbons (Fsp3) is 0.875. The zero-order valence-electron chi connectivity index (χ0n) is 7.81. The Morgan fingerprint density at radius 3 is 2.40 bits per heavy atom. The summed E-state index contributed by atoms with van der Waals surface area (Å²) in [6, 6.07) is 0. The van der Waals surface area contributed by atoms with Gasteiger partial charge in [-0.15, -0.1) is 0 Å². The molecule has 0 atom stereocenters. The summed E-state index contributed by atoms with van der Waals surface area (Å²) in [5, 5.41) is 0. The maximum Gasteiger partial charge on any atom is 1.00 e. The van der Waals surface area contributed by atoms with Gasteiger partial charge in [0.2, 0.25) is 0 Å². The molecule has 0 unspecified atom stereocenters. The van der Waals surface area contributed by atoms with Crippen LogP contribution in [0.4, 0.5) is 0 Å². The molecule has 0 heterocycles. The zero-order valence-corrected chi connectivity index (χ0v) is 9.93. The van der Waals surface area contributed by atoms with Crippen LogP contribution in [0.2, 0.25) is 0 Å². The van der Waals surface area contributed by atoms with Crippen molar-refractivity contribution in [2.75, 3.05) is 0 Å². The zero-order chi connectivity index (χ0) is 6.53. The van der Waals surface area contributed by atoms with Gasteiger partial charge in [-0.25, -0.2) is 0 Å². The molecule has 54 valence electrons. The first-order valence-electron chi connectivity index (χ1n) is 3.87.